The molecule has 0 aliphatic carbocycles. The zero-order valence-corrected chi connectivity index (χ0v) is 46.9. The van der Waals surface area contributed by atoms with Gasteiger partial charge in [0.05, 0.1) is 23.3 Å². The van der Waals surface area contributed by atoms with E-state index < -0.39 is 0 Å². The fourth-order valence-electron chi connectivity index (χ4n) is 13.8. The molecule has 88 heavy (non-hydrogen) atoms. The van der Waals surface area contributed by atoms with E-state index in [1.54, 1.807) is 0 Å². The Bertz CT molecular complexity index is 5720. The van der Waals surface area contributed by atoms with E-state index in [-0.39, 0.29) is 0 Å². The Kier molecular flexibility index (Phi) is 10.7. The molecule has 16 aromatic carbocycles. The van der Waals surface area contributed by atoms with Gasteiger partial charge in [-0.25, -0.2) is 15.0 Å². The van der Waals surface area contributed by atoms with Crippen LogP contribution in [0.25, 0.3) is 165 Å². The number of nitriles is 2. The molecule has 0 bridgehead atoms. The summed E-state index contributed by atoms with van der Waals surface area (Å²) >= 11 is 0. The molecule has 0 amide bonds. The van der Waals surface area contributed by atoms with Crippen LogP contribution in [0.5, 0.6) is 23.0 Å². The van der Waals surface area contributed by atoms with Crippen LogP contribution in [0.3, 0.4) is 0 Å². The Hall–Kier alpha value is -12.3. The van der Waals surface area contributed by atoms with E-state index in [0.717, 1.165) is 105 Å². The average Bonchev–Trinajstić information content (AvgIpc) is 0.846. The van der Waals surface area contributed by atoms with Gasteiger partial charge in [-0.15, -0.1) is 0 Å². The SMILES string of the molecule is N#Cc1ccc2c(c1)Oc1ccc(-c3cc4ccc5cc(-c6nc(-c7ccccc7)nc(-c7ccccc7)n6)cc6ccc(c3)c4c56)c3cccc-2c13.N#Cc1ccc2c3c(cccc13)Oc1cc(-c3cc4ccc5cccc6ccc(c3)c4c56)ccc1-2. The summed E-state index contributed by atoms with van der Waals surface area (Å²) in [5, 5.41) is 38.0. The van der Waals surface area contributed by atoms with Crippen molar-refractivity contribution in [1.82, 2.24) is 15.0 Å². The van der Waals surface area contributed by atoms with Gasteiger partial charge in [-0.05, 0) is 188 Å². The predicted molar refractivity (Wildman–Crippen MR) is 356 cm³/mol. The lowest BCUT2D eigenvalue weighted by Crippen LogP contribution is -2.00. The molecule has 0 N–H and O–H groups in total. The van der Waals surface area contributed by atoms with Crippen LogP contribution in [-0.2, 0) is 0 Å². The molecular formula is C81H43N5O2. The highest BCUT2D eigenvalue weighted by Crippen LogP contribution is 2.51. The van der Waals surface area contributed by atoms with Gasteiger partial charge in [0.25, 0.3) is 0 Å². The molecule has 1 aromatic heterocycles. The van der Waals surface area contributed by atoms with Crippen LogP contribution in [0.2, 0.25) is 0 Å². The maximum absolute atomic E-state index is 9.55. The van der Waals surface area contributed by atoms with Crippen LogP contribution >= 0.6 is 0 Å². The number of hydrogen-bond donors (Lipinski definition) is 0. The highest BCUT2D eigenvalue weighted by atomic mass is 16.5. The number of rotatable bonds is 5. The van der Waals surface area contributed by atoms with Crippen molar-refractivity contribution in [2.45, 2.75) is 0 Å². The minimum Gasteiger partial charge on any atom is -0.456 e. The number of nitrogens with zero attached hydrogens (tertiary/aromatic N) is 5. The zero-order valence-electron chi connectivity index (χ0n) is 46.9. The van der Waals surface area contributed by atoms with E-state index in [1.807, 2.05) is 109 Å². The second kappa shape index (κ2) is 19.1. The molecule has 19 rings (SSSR count). The lowest BCUT2D eigenvalue weighted by molar-refractivity contribution is 0.487. The number of hydrogen-bond acceptors (Lipinski definition) is 7. The van der Waals surface area contributed by atoms with E-state index in [2.05, 4.69) is 164 Å². The maximum atomic E-state index is 9.55. The molecule has 0 saturated carbocycles. The summed E-state index contributed by atoms with van der Waals surface area (Å²) in [6.07, 6.45) is 0. The third kappa shape index (κ3) is 7.65. The third-order valence-electron chi connectivity index (χ3n) is 17.8. The molecule has 0 radical (unpaired) electrons. The van der Waals surface area contributed by atoms with Crippen molar-refractivity contribution < 1.29 is 9.47 Å². The van der Waals surface area contributed by atoms with Crippen LogP contribution in [0.15, 0.2) is 261 Å². The van der Waals surface area contributed by atoms with E-state index in [9.17, 15) is 10.5 Å². The normalized spacial score (nSPS) is 12.0. The largest absolute Gasteiger partial charge is 0.456 e. The molecule has 2 aliphatic rings. The van der Waals surface area contributed by atoms with Gasteiger partial charge in [-0.2, -0.15) is 10.5 Å². The Morgan fingerprint density at radius 3 is 1.31 bits per heavy atom. The molecule has 0 spiro atoms. The molecule has 404 valence electrons. The van der Waals surface area contributed by atoms with Gasteiger partial charge in [0.2, 0.25) is 0 Å². The van der Waals surface area contributed by atoms with Crippen LogP contribution in [0.1, 0.15) is 11.1 Å². The van der Waals surface area contributed by atoms with Crippen molar-refractivity contribution >= 4 is 86.2 Å². The van der Waals surface area contributed by atoms with Gasteiger partial charge in [-0.3, -0.25) is 0 Å². The first-order chi connectivity index (χ1) is 43.5. The minimum absolute atomic E-state index is 0.584. The van der Waals surface area contributed by atoms with Gasteiger partial charge in [-0.1, -0.05) is 176 Å². The quantitative estimate of drug-likeness (QED) is 0.158. The van der Waals surface area contributed by atoms with Crippen molar-refractivity contribution in [3.05, 3.63) is 272 Å². The average molecular weight is 1120 g/mol. The Labute approximate surface area is 504 Å². The third-order valence-corrected chi connectivity index (χ3v) is 17.8. The lowest BCUT2D eigenvalue weighted by Gasteiger charge is -2.23. The van der Waals surface area contributed by atoms with Crippen molar-refractivity contribution in [3.8, 4) is 114 Å². The summed E-state index contributed by atoms with van der Waals surface area (Å²) in [4.78, 5) is 14.9. The van der Waals surface area contributed by atoms with Gasteiger partial charge in [0.15, 0.2) is 17.5 Å². The monoisotopic (exact) mass is 1120 g/mol. The lowest BCUT2D eigenvalue weighted by atomic mass is 9.87. The standard InChI is InChI=1S/C48H26N4O.C33H17NO/c49-27-28-14-19-38-40-13-7-12-39-37(20-21-41(45(39)40)53-42(38)22-28)35-23-31-15-17-33-25-36(26-34-18-16-32(24-35)43(31)44(33)34)48-51-46(29-8-3-1-4-9-29)50-47(52-48)30-10-5-2-6-11-30;34-18-24-12-14-28-27-13-11-21(17-30(27)35-29-6-2-5-26(24)33(28)29)25-15-22-9-7-19-3-1-4-20-8-10-23(16-25)32(22)31(19)20/h1-26H;1-17H. The fourth-order valence-corrected chi connectivity index (χ4v) is 13.8. The van der Waals surface area contributed by atoms with Gasteiger partial charge < -0.3 is 9.47 Å². The van der Waals surface area contributed by atoms with Crippen LogP contribution in [-0.4, -0.2) is 15.0 Å². The van der Waals surface area contributed by atoms with E-state index >= 15 is 0 Å². The molecule has 3 heterocycles. The molecule has 0 unspecified atom stereocenters. The van der Waals surface area contributed by atoms with Crippen LogP contribution in [0.4, 0.5) is 0 Å². The number of aromatic nitrogens is 3. The molecule has 0 saturated heterocycles. The van der Waals surface area contributed by atoms with Crippen LogP contribution in [0, 0.1) is 22.7 Å². The molecule has 17 aromatic rings. The van der Waals surface area contributed by atoms with Gasteiger partial charge >= 0.3 is 0 Å². The van der Waals surface area contributed by atoms with Crippen molar-refractivity contribution in [3.63, 3.8) is 0 Å². The molecule has 0 fully saturated rings. The molecule has 0 atom stereocenters. The van der Waals surface area contributed by atoms with Crippen LogP contribution < -0.4 is 9.47 Å². The Morgan fingerprint density at radius 1 is 0.250 bits per heavy atom. The molecule has 2 aliphatic heterocycles. The summed E-state index contributed by atoms with van der Waals surface area (Å²) in [5.74, 6) is 5.11. The van der Waals surface area contributed by atoms with E-state index in [1.165, 1.54) is 59.4 Å². The van der Waals surface area contributed by atoms with Crippen molar-refractivity contribution in [1.29, 1.82) is 10.5 Å². The Balaban J connectivity index is 0.000000143. The van der Waals surface area contributed by atoms with E-state index in [0.29, 0.717) is 34.3 Å². The minimum atomic E-state index is 0.584. The number of ether oxygens (including phenoxy) is 2. The van der Waals surface area contributed by atoms with Crippen molar-refractivity contribution in [2.24, 2.45) is 0 Å². The Morgan fingerprint density at radius 2 is 0.705 bits per heavy atom. The predicted octanol–water partition coefficient (Wildman–Crippen LogP) is 21.3. The smallest absolute Gasteiger partial charge is 0.164 e. The molecule has 7 nitrogen and oxygen atoms in total. The summed E-state index contributed by atoms with van der Waals surface area (Å²) in [7, 11) is 0. The number of benzene rings is 16. The molecular weight excluding hydrogens is 1070 g/mol. The summed E-state index contributed by atoms with van der Waals surface area (Å²) in [6, 6.07) is 95.2. The maximum Gasteiger partial charge on any atom is 0.164 e. The summed E-state index contributed by atoms with van der Waals surface area (Å²) in [6.45, 7) is 0. The summed E-state index contributed by atoms with van der Waals surface area (Å²) < 4.78 is 12.8. The first-order valence-corrected chi connectivity index (χ1v) is 29.3. The topological polar surface area (TPSA) is 105 Å². The van der Waals surface area contributed by atoms with Gasteiger partial charge in [0, 0.05) is 44.0 Å². The first kappa shape index (κ1) is 49.2. The zero-order chi connectivity index (χ0) is 58.1. The van der Waals surface area contributed by atoms with Crippen molar-refractivity contribution in [2.75, 3.05) is 0 Å². The number of fused-ring (bicyclic) bond motifs is 4. The second-order valence-corrected chi connectivity index (χ2v) is 22.8. The first-order valence-electron chi connectivity index (χ1n) is 29.3. The fraction of sp³-hybridized carbons (Fsp3) is 0. The highest BCUT2D eigenvalue weighted by Gasteiger charge is 2.25. The second-order valence-electron chi connectivity index (χ2n) is 22.8. The van der Waals surface area contributed by atoms with E-state index in [4.69, 9.17) is 24.4 Å². The molecule has 7 heteroatoms. The highest BCUT2D eigenvalue weighted by molar-refractivity contribution is 6.26. The van der Waals surface area contributed by atoms with Gasteiger partial charge in [0.1, 0.15) is 23.0 Å². The summed E-state index contributed by atoms with van der Waals surface area (Å²) in [5.41, 5.74) is 13.0.